The van der Waals surface area contributed by atoms with Gasteiger partial charge in [0.15, 0.2) is 5.78 Å². The summed E-state index contributed by atoms with van der Waals surface area (Å²) in [6.45, 7) is 0. The normalized spacial score (nSPS) is 10.4. The predicted molar refractivity (Wildman–Crippen MR) is 71.3 cm³/mol. The largest absolute Gasteiger partial charge is 0.289 e. The molecule has 0 saturated carbocycles. The summed E-state index contributed by atoms with van der Waals surface area (Å²) in [4.78, 5) is 12.1. The molecular formula is C13H6Cl3FO. The molecule has 0 aromatic heterocycles. The van der Waals surface area contributed by atoms with Crippen LogP contribution in [-0.2, 0) is 0 Å². The molecule has 0 aliphatic carbocycles. The lowest BCUT2D eigenvalue weighted by Gasteiger charge is -2.04. The van der Waals surface area contributed by atoms with Gasteiger partial charge in [-0.25, -0.2) is 4.39 Å². The first-order valence-electron chi connectivity index (χ1n) is 4.94. The highest BCUT2D eigenvalue weighted by Crippen LogP contribution is 2.25. The average molecular weight is 304 g/mol. The molecule has 0 saturated heterocycles. The van der Waals surface area contributed by atoms with Gasteiger partial charge in [0.05, 0.1) is 15.1 Å². The molecule has 18 heavy (non-hydrogen) atoms. The molecule has 0 atom stereocenters. The van der Waals surface area contributed by atoms with E-state index in [9.17, 15) is 9.18 Å². The van der Waals surface area contributed by atoms with E-state index in [1.54, 1.807) is 6.07 Å². The first-order valence-corrected chi connectivity index (χ1v) is 6.07. The van der Waals surface area contributed by atoms with Gasteiger partial charge in [-0.2, -0.15) is 0 Å². The SMILES string of the molecule is O=C(c1ccc(F)c(Cl)c1)c1ccc(Cl)c(Cl)c1. The molecule has 0 amide bonds. The van der Waals surface area contributed by atoms with Gasteiger partial charge < -0.3 is 0 Å². The van der Waals surface area contributed by atoms with E-state index in [4.69, 9.17) is 34.8 Å². The molecule has 2 aromatic rings. The highest BCUT2D eigenvalue weighted by Gasteiger charge is 2.12. The maximum absolute atomic E-state index is 13.0. The van der Waals surface area contributed by atoms with Gasteiger partial charge in [-0.3, -0.25) is 4.79 Å². The van der Waals surface area contributed by atoms with Gasteiger partial charge in [0.25, 0.3) is 0 Å². The van der Waals surface area contributed by atoms with E-state index in [0.717, 1.165) is 6.07 Å². The Hall–Kier alpha value is -1.09. The Bertz CT molecular complexity index is 572. The number of carbonyl (C=O) groups is 1. The zero-order chi connectivity index (χ0) is 13.3. The summed E-state index contributed by atoms with van der Waals surface area (Å²) in [6.07, 6.45) is 0. The zero-order valence-electron chi connectivity index (χ0n) is 8.88. The number of carbonyl (C=O) groups excluding carboxylic acids is 1. The average Bonchev–Trinajstić information content (AvgIpc) is 2.35. The summed E-state index contributed by atoms with van der Waals surface area (Å²) in [5.41, 5.74) is 0.659. The second kappa shape index (κ2) is 5.27. The third-order valence-corrected chi connectivity index (χ3v) is 3.39. The molecule has 0 unspecified atom stereocenters. The summed E-state index contributed by atoms with van der Waals surface area (Å²) < 4.78 is 13.0. The summed E-state index contributed by atoms with van der Waals surface area (Å²) >= 11 is 17.2. The van der Waals surface area contributed by atoms with Gasteiger partial charge in [0, 0.05) is 11.1 Å². The van der Waals surface area contributed by atoms with E-state index < -0.39 is 5.82 Å². The first-order chi connectivity index (χ1) is 8.49. The maximum atomic E-state index is 13.0. The summed E-state index contributed by atoms with van der Waals surface area (Å²) in [7, 11) is 0. The van der Waals surface area contributed by atoms with Gasteiger partial charge in [0.1, 0.15) is 5.82 Å². The van der Waals surface area contributed by atoms with Crippen molar-refractivity contribution in [2.75, 3.05) is 0 Å². The van der Waals surface area contributed by atoms with Crippen molar-refractivity contribution in [1.29, 1.82) is 0 Å². The molecule has 0 radical (unpaired) electrons. The third kappa shape index (κ3) is 2.66. The fourth-order valence-electron chi connectivity index (χ4n) is 1.44. The van der Waals surface area contributed by atoms with Crippen LogP contribution < -0.4 is 0 Å². The van der Waals surface area contributed by atoms with Gasteiger partial charge in [-0.1, -0.05) is 34.8 Å². The number of benzene rings is 2. The van der Waals surface area contributed by atoms with Crippen LogP contribution in [0.1, 0.15) is 15.9 Å². The molecule has 92 valence electrons. The Morgan fingerprint density at radius 2 is 1.39 bits per heavy atom. The molecule has 0 bridgehead atoms. The monoisotopic (exact) mass is 302 g/mol. The lowest BCUT2D eigenvalue weighted by atomic mass is 10.0. The Balaban J connectivity index is 2.41. The van der Waals surface area contributed by atoms with Crippen LogP contribution in [0.5, 0.6) is 0 Å². The van der Waals surface area contributed by atoms with Gasteiger partial charge in [-0.15, -0.1) is 0 Å². The van der Waals surface area contributed by atoms with Crippen LogP contribution in [0.25, 0.3) is 0 Å². The van der Waals surface area contributed by atoms with Crippen molar-refractivity contribution in [3.05, 3.63) is 68.4 Å². The second-order valence-corrected chi connectivity index (χ2v) is 4.81. The maximum Gasteiger partial charge on any atom is 0.193 e. The van der Waals surface area contributed by atoms with E-state index in [2.05, 4.69) is 0 Å². The molecule has 2 rings (SSSR count). The molecule has 0 aliphatic heterocycles. The molecule has 1 nitrogen and oxygen atoms in total. The number of hydrogen-bond acceptors (Lipinski definition) is 1. The predicted octanol–water partition coefficient (Wildman–Crippen LogP) is 5.02. The van der Waals surface area contributed by atoms with Crippen molar-refractivity contribution in [1.82, 2.24) is 0 Å². The number of hydrogen-bond donors (Lipinski definition) is 0. The van der Waals surface area contributed by atoms with Crippen molar-refractivity contribution in [2.24, 2.45) is 0 Å². The van der Waals surface area contributed by atoms with Crippen molar-refractivity contribution >= 4 is 40.6 Å². The van der Waals surface area contributed by atoms with Crippen molar-refractivity contribution in [3.8, 4) is 0 Å². The number of halogens is 4. The Morgan fingerprint density at radius 3 is 1.94 bits per heavy atom. The lowest BCUT2D eigenvalue weighted by Crippen LogP contribution is -2.01. The van der Waals surface area contributed by atoms with Gasteiger partial charge >= 0.3 is 0 Å². The number of ketones is 1. The highest BCUT2D eigenvalue weighted by molar-refractivity contribution is 6.42. The van der Waals surface area contributed by atoms with E-state index in [1.807, 2.05) is 0 Å². The summed E-state index contributed by atoms with van der Waals surface area (Å²) in [6, 6.07) is 8.33. The van der Waals surface area contributed by atoms with E-state index in [0.29, 0.717) is 16.1 Å². The highest BCUT2D eigenvalue weighted by atomic mass is 35.5. The summed E-state index contributed by atoms with van der Waals surface area (Å²) in [5, 5.41) is 0.557. The minimum Gasteiger partial charge on any atom is -0.289 e. The molecule has 5 heteroatoms. The quantitative estimate of drug-likeness (QED) is 0.712. The minimum atomic E-state index is -0.567. The molecule has 0 aliphatic rings. The molecule has 0 fully saturated rings. The topological polar surface area (TPSA) is 17.1 Å². The van der Waals surface area contributed by atoms with E-state index in [1.165, 1.54) is 24.3 Å². The molecular weight excluding hydrogens is 297 g/mol. The fourth-order valence-corrected chi connectivity index (χ4v) is 1.92. The number of rotatable bonds is 2. The fraction of sp³-hybridized carbons (Fsp3) is 0. The Kier molecular flexibility index (Phi) is 3.91. The van der Waals surface area contributed by atoms with Gasteiger partial charge in [-0.05, 0) is 36.4 Å². The third-order valence-electron chi connectivity index (χ3n) is 2.36. The molecule has 0 N–H and O–H groups in total. The Labute approximate surface area is 118 Å². The smallest absolute Gasteiger partial charge is 0.193 e. The van der Waals surface area contributed by atoms with Crippen LogP contribution in [0.15, 0.2) is 36.4 Å². The molecule has 0 heterocycles. The van der Waals surface area contributed by atoms with Crippen molar-refractivity contribution < 1.29 is 9.18 Å². The second-order valence-electron chi connectivity index (χ2n) is 3.59. The lowest BCUT2D eigenvalue weighted by molar-refractivity contribution is 0.103. The van der Waals surface area contributed by atoms with Crippen LogP contribution in [0, 0.1) is 5.82 Å². The standard InChI is InChI=1S/C13H6Cl3FO/c14-9-3-1-7(5-10(9)15)13(18)8-2-4-12(17)11(16)6-8/h1-6H. The molecule has 2 aromatic carbocycles. The van der Waals surface area contributed by atoms with Crippen LogP contribution in [0.3, 0.4) is 0 Å². The van der Waals surface area contributed by atoms with Gasteiger partial charge in [0.2, 0.25) is 0 Å². The van der Waals surface area contributed by atoms with Crippen molar-refractivity contribution in [3.63, 3.8) is 0 Å². The van der Waals surface area contributed by atoms with Crippen LogP contribution >= 0.6 is 34.8 Å². The van der Waals surface area contributed by atoms with Crippen LogP contribution in [0.4, 0.5) is 4.39 Å². The summed E-state index contributed by atoms with van der Waals surface area (Å²) in [5.74, 6) is -0.863. The van der Waals surface area contributed by atoms with Crippen molar-refractivity contribution in [2.45, 2.75) is 0 Å². The minimum absolute atomic E-state index is 0.0964. The van der Waals surface area contributed by atoms with Crippen LogP contribution in [0.2, 0.25) is 15.1 Å². The molecule has 0 spiro atoms. The zero-order valence-corrected chi connectivity index (χ0v) is 11.2. The van der Waals surface area contributed by atoms with E-state index in [-0.39, 0.29) is 15.8 Å². The Morgan fingerprint density at radius 1 is 0.833 bits per heavy atom. The first kappa shape index (κ1) is 13.3. The van der Waals surface area contributed by atoms with Crippen LogP contribution in [-0.4, -0.2) is 5.78 Å². The van der Waals surface area contributed by atoms with E-state index >= 15 is 0 Å².